The molecule has 0 spiro atoms. The van der Waals surface area contributed by atoms with E-state index >= 15 is 0 Å². The standard InChI is InChI=1S/C13H16N2O4/c1-8(18-11(16)9-5-6-17-7-9)10-14-12(15-19-10)13(2,3)4/h5-8H,1-4H3. The van der Waals surface area contributed by atoms with Crippen LogP contribution in [-0.4, -0.2) is 16.1 Å². The van der Waals surface area contributed by atoms with E-state index < -0.39 is 12.1 Å². The molecular formula is C13H16N2O4. The first kappa shape index (κ1) is 13.3. The lowest BCUT2D eigenvalue weighted by Gasteiger charge is -2.11. The molecule has 1 unspecified atom stereocenters. The molecule has 2 rings (SSSR count). The number of aromatic nitrogens is 2. The normalized spacial score (nSPS) is 13.3. The fourth-order valence-corrected chi connectivity index (χ4v) is 1.36. The minimum absolute atomic E-state index is 0.212. The van der Waals surface area contributed by atoms with Crippen LogP contribution in [0.4, 0.5) is 0 Å². The highest BCUT2D eigenvalue weighted by atomic mass is 16.6. The number of rotatable bonds is 3. The summed E-state index contributed by atoms with van der Waals surface area (Å²) in [7, 11) is 0. The molecule has 0 aromatic carbocycles. The van der Waals surface area contributed by atoms with Gasteiger partial charge in [-0.1, -0.05) is 25.9 Å². The third-order valence-corrected chi connectivity index (χ3v) is 2.50. The molecule has 0 aliphatic rings. The zero-order valence-electron chi connectivity index (χ0n) is 11.3. The summed E-state index contributed by atoms with van der Waals surface area (Å²) in [5, 5.41) is 3.88. The molecule has 2 aromatic rings. The van der Waals surface area contributed by atoms with E-state index in [4.69, 9.17) is 13.7 Å². The highest BCUT2D eigenvalue weighted by Gasteiger charge is 2.25. The number of nitrogens with zero attached hydrogens (tertiary/aromatic N) is 2. The molecular weight excluding hydrogens is 248 g/mol. The Balaban J connectivity index is 2.06. The van der Waals surface area contributed by atoms with E-state index in [9.17, 15) is 4.79 Å². The van der Waals surface area contributed by atoms with Gasteiger partial charge in [-0.05, 0) is 13.0 Å². The number of furan rings is 1. The second kappa shape index (κ2) is 4.87. The van der Waals surface area contributed by atoms with Crippen molar-refractivity contribution in [3.05, 3.63) is 35.9 Å². The number of carbonyl (C=O) groups is 1. The predicted octanol–water partition coefficient (Wildman–Crippen LogP) is 2.88. The van der Waals surface area contributed by atoms with E-state index in [2.05, 4.69) is 10.1 Å². The lowest BCUT2D eigenvalue weighted by molar-refractivity contribution is 0.0264. The Kier molecular flexibility index (Phi) is 3.42. The van der Waals surface area contributed by atoms with Crippen molar-refractivity contribution in [2.45, 2.75) is 39.2 Å². The summed E-state index contributed by atoms with van der Waals surface area (Å²) in [6, 6.07) is 1.53. The molecule has 2 heterocycles. The van der Waals surface area contributed by atoms with Gasteiger partial charge in [-0.15, -0.1) is 0 Å². The first-order chi connectivity index (χ1) is 8.88. The first-order valence-corrected chi connectivity index (χ1v) is 5.95. The van der Waals surface area contributed by atoms with Gasteiger partial charge >= 0.3 is 5.97 Å². The number of esters is 1. The third-order valence-electron chi connectivity index (χ3n) is 2.50. The summed E-state index contributed by atoms with van der Waals surface area (Å²) in [6.07, 6.45) is 2.13. The fraction of sp³-hybridized carbons (Fsp3) is 0.462. The summed E-state index contributed by atoms with van der Waals surface area (Å²) in [5.74, 6) is 0.368. The van der Waals surface area contributed by atoms with Gasteiger partial charge in [-0.25, -0.2) is 4.79 Å². The number of carbonyl (C=O) groups excluding carboxylic acids is 1. The van der Waals surface area contributed by atoms with Crippen molar-refractivity contribution in [3.8, 4) is 0 Å². The second-order valence-electron chi connectivity index (χ2n) is 5.27. The molecule has 2 aromatic heterocycles. The minimum atomic E-state index is -0.606. The Hall–Kier alpha value is -2.11. The van der Waals surface area contributed by atoms with Crippen molar-refractivity contribution in [1.82, 2.24) is 10.1 Å². The molecule has 6 heteroatoms. The first-order valence-electron chi connectivity index (χ1n) is 5.95. The van der Waals surface area contributed by atoms with Crippen molar-refractivity contribution in [1.29, 1.82) is 0 Å². The Morgan fingerprint density at radius 1 is 1.42 bits per heavy atom. The van der Waals surface area contributed by atoms with Gasteiger partial charge in [0.25, 0.3) is 5.89 Å². The molecule has 0 aliphatic heterocycles. The van der Waals surface area contributed by atoms with Crippen LogP contribution in [0.25, 0.3) is 0 Å². The van der Waals surface area contributed by atoms with E-state index in [1.807, 2.05) is 20.8 Å². The predicted molar refractivity (Wildman–Crippen MR) is 65.5 cm³/mol. The molecule has 0 amide bonds. The van der Waals surface area contributed by atoms with Gasteiger partial charge in [0, 0.05) is 5.41 Å². The van der Waals surface area contributed by atoms with Crippen molar-refractivity contribution in [2.24, 2.45) is 0 Å². The molecule has 102 valence electrons. The number of ether oxygens (including phenoxy) is 1. The van der Waals surface area contributed by atoms with Crippen LogP contribution in [0.1, 0.15) is 55.9 Å². The van der Waals surface area contributed by atoms with Crippen LogP contribution in [0.2, 0.25) is 0 Å². The Morgan fingerprint density at radius 2 is 2.16 bits per heavy atom. The summed E-state index contributed by atoms with van der Waals surface area (Å²) in [6.45, 7) is 7.61. The number of hydrogen-bond donors (Lipinski definition) is 0. The molecule has 0 fully saturated rings. The zero-order valence-corrected chi connectivity index (χ0v) is 11.3. The molecule has 19 heavy (non-hydrogen) atoms. The van der Waals surface area contributed by atoms with Crippen molar-refractivity contribution < 1.29 is 18.5 Å². The molecule has 0 saturated carbocycles. The average molecular weight is 264 g/mol. The van der Waals surface area contributed by atoms with E-state index in [0.717, 1.165) is 0 Å². The van der Waals surface area contributed by atoms with E-state index in [0.29, 0.717) is 11.4 Å². The minimum Gasteiger partial charge on any atom is -0.472 e. The third kappa shape index (κ3) is 3.01. The maximum atomic E-state index is 11.7. The molecule has 0 saturated heterocycles. The highest BCUT2D eigenvalue weighted by Crippen LogP contribution is 2.22. The van der Waals surface area contributed by atoms with Crippen LogP contribution in [-0.2, 0) is 10.2 Å². The Morgan fingerprint density at radius 3 is 2.68 bits per heavy atom. The largest absolute Gasteiger partial charge is 0.472 e. The molecule has 1 atom stereocenters. The van der Waals surface area contributed by atoms with E-state index in [1.165, 1.54) is 18.6 Å². The van der Waals surface area contributed by atoms with Crippen LogP contribution in [0.3, 0.4) is 0 Å². The second-order valence-corrected chi connectivity index (χ2v) is 5.27. The highest BCUT2D eigenvalue weighted by molar-refractivity contribution is 5.88. The molecule has 0 N–H and O–H groups in total. The van der Waals surface area contributed by atoms with Crippen LogP contribution in [0, 0.1) is 0 Å². The summed E-state index contributed by atoms with van der Waals surface area (Å²) in [5.41, 5.74) is 0.137. The van der Waals surface area contributed by atoms with Gasteiger partial charge in [-0.2, -0.15) is 4.98 Å². The van der Waals surface area contributed by atoms with Gasteiger partial charge in [0.2, 0.25) is 0 Å². The van der Waals surface area contributed by atoms with Crippen molar-refractivity contribution in [3.63, 3.8) is 0 Å². The summed E-state index contributed by atoms with van der Waals surface area (Å²) < 4.78 is 15.1. The van der Waals surface area contributed by atoms with Crippen LogP contribution < -0.4 is 0 Å². The summed E-state index contributed by atoms with van der Waals surface area (Å²) >= 11 is 0. The monoisotopic (exact) mass is 264 g/mol. The fourth-order valence-electron chi connectivity index (χ4n) is 1.36. The molecule has 0 aliphatic carbocycles. The zero-order chi connectivity index (χ0) is 14.0. The van der Waals surface area contributed by atoms with Crippen LogP contribution >= 0.6 is 0 Å². The van der Waals surface area contributed by atoms with Gasteiger partial charge in [0.1, 0.15) is 6.26 Å². The smallest absolute Gasteiger partial charge is 0.342 e. The summed E-state index contributed by atoms with van der Waals surface area (Å²) in [4.78, 5) is 16.0. The SMILES string of the molecule is CC(OC(=O)c1ccoc1)c1nc(C(C)(C)C)no1. The van der Waals surface area contributed by atoms with Gasteiger partial charge < -0.3 is 13.7 Å². The topological polar surface area (TPSA) is 78.4 Å². The lowest BCUT2D eigenvalue weighted by atomic mass is 9.96. The van der Waals surface area contributed by atoms with Crippen molar-refractivity contribution in [2.75, 3.05) is 0 Å². The van der Waals surface area contributed by atoms with Crippen molar-refractivity contribution >= 4 is 5.97 Å². The maximum absolute atomic E-state index is 11.7. The van der Waals surface area contributed by atoms with Crippen LogP contribution in [0.5, 0.6) is 0 Å². The van der Waals surface area contributed by atoms with Gasteiger partial charge in [-0.3, -0.25) is 0 Å². The maximum Gasteiger partial charge on any atom is 0.342 e. The quantitative estimate of drug-likeness (QED) is 0.793. The van der Waals surface area contributed by atoms with Gasteiger partial charge in [0.05, 0.1) is 11.8 Å². The van der Waals surface area contributed by atoms with E-state index in [-0.39, 0.29) is 11.3 Å². The average Bonchev–Trinajstić information content (AvgIpc) is 3.00. The van der Waals surface area contributed by atoms with E-state index in [1.54, 1.807) is 6.92 Å². The van der Waals surface area contributed by atoms with Gasteiger partial charge in [0.15, 0.2) is 11.9 Å². The Labute approximate surface area is 110 Å². The lowest BCUT2D eigenvalue weighted by Crippen LogP contribution is -2.14. The molecule has 0 bridgehead atoms. The van der Waals surface area contributed by atoms with Crippen LogP contribution in [0.15, 0.2) is 27.5 Å². The number of hydrogen-bond acceptors (Lipinski definition) is 6. The Bertz CT molecular complexity index is 551. The molecule has 6 nitrogen and oxygen atoms in total. The molecule has 0 radical (unpaired) electrons.